The summed E-state index contributed by atoms with van der Waals surface area (Å²) in [4.78, 5) is 15.1. The Morgan fingerprint density at radius 2 is 2.28 bits per heavy atom. The van der Waals surface area contributed by atoms with Crippen LogP contribution in [-0.2, 0) is 10.8 Å². The number of nitrogens with zero attached hydrogens (tertiary/aromatic N) is 1. The summed E-state index contributed by atoms with van der Waals surface area (Å²) in [5.41, 5.74) is 11.3. The molecule has 0 fully saturated rings. The van der Waals surface area contributed by atoms with Crippen LogP contribution in [0.4, 0.5) is 11.5 Å². The van der Waals surface area contributed by atoms with Gasteiger partial charge in [-0.15, -0.1) is 0 Å². The third-order valence-corrected chi connectivity index (χ3v) is 3.99. The molecule has 5 N–H and O–H groups in total. The van der Waals surface area contributed by atoms with Gasteiger partial charge in [-0.2, -0.15) is 0 Å². The fourth-order valence-electron chi connectivity index (χ4n) is 1.35. The lowest BCUT2D eigenvalue weighted by atomic mass is 10.2. The zero-order chi connectivity index (χ0) is 13.7. The van der Waals surface area contributed by atoms with Crippen LogP contribution < -0.4 is 16.8 Å². The molecule has 100 valence electrons. The molecule has 0 bridgehead atoms. The van der Waals surface area contributed by atoms with Crippen molar-refractivity contribution in [2.45, 2.75) is 18.6 Å². The molecule has 1 aromatic rings. The highest BCUT2D eigenvalue weighted by atomic mass is 32.2. The van der Waals surface area contributed by atoms with Crippen molar-refractivity contribution in [1.29, 1.82) is 0 Å². The van der Waals surface area contributed by atoms with Crippen LogP contribution in [0.1, 0.15) is 23.7 Å². The minimum atomic E-state index is -0.838. The predicted molar refractivity (Wildman–Crippen MR) is 73.8 cm³/mol. The Morgan fingerprint density at radius 3 is 2.83 bits per heavy atom. The second-order valence-corrected chi connectivity index (χ2v) is 5.85. The van der Waals surface area contributed by atoms with Gasteiger partial charge < -0.3 is 16.8 Å². The Hall–Kier alpha value is -1.63. The average Bonchev–Trinajstić information content (AvgIpc) is 2.30. The van der Waals surface area contributed by atoms with E-state index in [1.54, 1.807) is 6.26 Å². The summed E-state index contributed by atoms with van der Waals surface area (Å²) in [5, 5.41) is 3.16. The van der Waals surface area contributed by atoms with Crippen molar-refractivity contribution >= 4 is 28.2 Å². The van der Waals surface area contributed by atoms with Gasteiger partial charge in [-0.05, 0) is 12.5 Å². The molecule has 0 radical (unpaired) electrons. The average molecular weight is 270 g/mol. The molecule has 0 aromatic carbocycles. The normalized spacial score (nSPS) is 13.9. The second kappa shape index (κ2) is 6.34. The SMILES string of the molecule is CC(CCNc1cc(C(N)=O)c(N)cn1)S(C)=O. The summed E-state index contributed by atoms with van der Waals surface area (Å²) in [6, 6.07) is 1.52. The number of nitrogens with two attached hydrogens (primary N) is 2. The van der Waals surface area contributed by atoms with Crippen molar-refractivity contribution < 1.29 is 9.00 Å². The molecule has 2 atom stereocenters. The molecule has 7 heteroatoms. The van der Waals surface area contributed by atoms with E-state index < -0.39 is 16.7 Å². The van der Waals surface area contributed by atoms with Crippen molar-refractivity contribution in [3.63, 3.8) is 0 Å². The lowest BCUT2D eigenvalue weighted by Gasteiger charge is -2.10. The van der Waals surface area contributed by atoms with Gasteiger partial charge in [0.25, 0.3) is 5.91 Å². The molecule has 1 rings (SSSR count). The number of primary amides is 1. The predicted octanol–water partition coefficient (Wildman–Crippen LogP) is 0.332. The number of hydrogen-bond donors (Lipinski definition) is 3. The summed E-state index contributed by atoms with van der Waals surface area (Å²) in [6.45, 7) is 2.54. The third kappa shape index (κ3) is 3.99. The maximum atomic E-state index is 11.2. The number of aromatic nitrogens is 1. The van der Waals surface area contributed by atoms with Crippen LogP contribution in [0, 0.1) is 0 Å². The number of amides is 1. The van der Waals surface area contributed by atoms with Gasteiger partial charge in [-0.3, -0.25) is 9.00 Å². The standard InChI is InChI=1S/C11H18N4O2S/c1-7(18(2)17)3-4-14-10-5-8(11(13)16)9(12)6-15-10/h5-7H,3-4,12H2,1-2H3,(H2,13,16)(H,14,15). The highest BCUT2D eigenvalue weighted by Gasteiger charge is 2.09. The van der Waals surface area contributed by atoms with Crippen molar-refractivity contribution in [1.82, 2.24) is 4.98 Å². The summed E-state index contributed by atoms with van der Waals surface area (Å²) in [6.07, 6.45) is 3.82. The van der Waals surface area contributed by atoms with E-state index in [0.29, 0.717) is 12.4 Å². The summed E-state index contributed by atoms with van der Waals surface area (Å²) in [7, 11) is -0.838. The molecule has 1 heterocycles. The number of nitrogen functional groups attached to an aromatic ring is 1. The second-order valence-electron chi connectivity index (χ2n) is 4.05. The Kier molecular flexibility index (Phi) is 5.08. The maximum absolute atomic E-state index is 11.2. The summed E-state index contributed by atoms with van der Waals surface area (Å²) >= 11 is 0. The van der Waals surface area contributed by atoms with Crippen LogP contribution in [0.15, 0.2) is 12.3 Å². The van der Waals surface area contributed by atoms with Crippen molar-refractivity contribution in [3.05, 3.63) is 17.8 Å². The molecule has 0 spiro atoms. The van der Waals surface area contributed by atoms with Gasteiger partial charge in [0.15, 0.2) is 0 Å². The van der Waals surface area contributed by atoms with E-state index in [9.17, 15) is 9.00 Å². The minimum absolute atomic E-state index is 0.113. The number of rotatable bonds is 6. The van der Waals surface area contributed by atoms with Gasteiger partial charge in [0.2, 0.25) is 0 Å². The third-order valence-electron chi connectivity index (χ3n) is 2.62. The minimum Gasteiger partial charge on any atom is -0.397 e. The molecule has 0 aliphatic heterocycles. The lowest BCUT2D eigenvalue weighted by molar-refractivity contribution is 0.100. The molecular weight excluding hydrogens is 252 g/mol. The van der Waals surface area contributed by atoms with Gasteiger partial charge >= 0.3 is 0 Å². The van der Waals surface area contributed by atoms with Crippen LogP contribution in [-0.4, -0.2) is 33.2 Å². The number of anilines is 2. The van der Waals surface area contributed by atoms with Crippen molar-refractivity contribution in [2.24, 2.45) is 5.73 Å². The quantitative estimate of drug-likeness (QED) is 0.690. The number of pyridine rings is 1. The van der Waals surface area contributed by atoms with Gasteiger partial charge in [-0.25, -0.2) is 4.98 Å². The molecule has 0 saturated heterocycles. The molecule has 0 aliphatic carbocycles. The lowest BCUT2D eigenvalue weighted by Crippen LogP contribution is -2.17. The van der Waals surface area contributed by atoms with E-state index in [0.717, 1.165) is 6.42 Å². The number of carbonyl (C=O) groups is 1. The summed E-state index contributed by atoms with van der Waals surface area (Å²) in [5.74, 6) is -0.0481. The van der Waals surface area contributed by atoms with Gasteiger partial charge in [0.1, 0.15) is 5.82 Å². The van der Waals surface area contributed by atoms with E-state index >= 15 is 0 Å². The smallest absolute Gasteiger partial charge is 0.250 e. The summed E-state index contributed by atoms with van der Waals surface area (Å²) < 4.78 is 11.2. The van der Waals surface area contributed by atoms with Crippen molar-refractivity contribution in [2.75, 3.05) is 23.9 Å². The van der Waals surface area contributed by atoms with Gasteiger partial charge in [-0.1, -0.05) is 6.92 Å². The Labute approximate surface area is 109 Å². The largest absolute Gasteiger partial charge is 0.397 e. The monoisotopic (exact) mass is 270 g/mol. The van der Waals surface area contributed by atoms with E-state index in [1.807, 2.05) is 6.92 Å². The topological polar surface area (TPSA) is 111 Å². The van der Waals surface area contributed by atoms with Crippen LogP contribution in [0.3, 0.4) is 0 Å². The van der Waals surface area contributed by atoms with Crippen LogP contribution >= 0.6 is 0 Å². The van der Waals surface area contributed by atoms with Crippen LogP contribution in [0.5, 0.6) is 0 Å². The van der Waals surface area contributed by atoms with E-state index in [-0.39, 0.29) is 16.5 Å². The molecule has 6 nitrogen and oxygen atoms in total. The van der Waals surface area contributed by atoms with Crippen molar-refractivity contribution in [3.8, 4) is 0 Å². The number of nitrogens with one attached hydrogen (secondary N) is 1. The maximum Gasteiger partial charge on any atom is 0.250 e. The first-order valence-corrected chi connectivity index (χ1v) is 7.15. The Bertz CT molecular complexity index is 464. The molecule has 0 saturated carbocycles. The Morgan fingerprint density at radius 1 is 1.61 bits per heavy atom. The number of hydrogen-bond acceptors (Lipinski definition) is 5. The fourth-order valence-corrected chi connectivity index (χ4v) is 1.80. The molecule has 2 unspecified atom stereocenters. The number of carbonyl (C=O) groups excluding carboxylic acids is 1. The zero-order valence-electron chi connectivity index (χ0n) is 10.5. The first kappa shape index (κ1) is 14.4. The zero-order valence-corrected chi connectivity index (χ0v) is 11.3. The van der Waals surface area contributed by atoms with Gasteiger partial charge in [0, 0.05) is 28.9 Å². The van der Waals surface area contributed by atoms with Gasteiger partial charge in [0.05, 0.1) is 17.4 Å². The first-order valence-electron chi connectivity index (χ1n) is 5.53. The molecule has 1 aromatic heterocycles. The molecule has 1 amide bonds. The fraction of sp³-hybridized carbons (Fsp3) is 0.455. The highest BCUT2D eigenvalue weighted by Crippen LogP contribution is 2.14. The Balaban J connectivity index is 2.61. The highest BCUT2D eigenvalue weighted by molar-refractivity contribution is 7.84. The molecule has 0 aliphatic rings. The van der Waals surface area contributed by atoms with E-state index in [4.69, 9.17) is 11.5 Å². The van der Waals surface area contributed by atoms with E-state index in [2.05, 4.69) is 10.3 Å². The van der Waals surface area contributed by atoms with E-state index in [1.165, 1.54) is 12.3 Å². The molecule has 18 heavy (non-hydrogen) atoms. The van der Waals surface area contributed by atoms with Crippen LogP contribution in [0.2, 0.25) is 0 Å². The molecular formula is C11H18N4O2S. The van der Waals surface area contributed by atoms with Crippen LogP contribution in [0.25, 0.3) is 0 Å². The first-order chi connectivity index (χ1) is 8.41.